The van der Waals surface area contributed by atoms with Crippen molar-refractivity contribution in [2.75, 3.05) is 0 Å². The first-order valence-electron chi connectivity index (χ1n) is 6.21. The van der Waals surface area contributed by atoms with Gasteiger partial charge in [0.1, 0.15) is 6.04 Å². The van der Waals surface area contributed by atoms with Crippen LogP contribution in [0.1, 0.15) is 25.8 Å². The monoisotopic (exact) mass is 319 g/mol. The summed E-state index contributed by atoms with van der Waals surface area (Å²) in [5, 5.41) is 9.48. The lowest BCUT2D eigenvalue weighted by molar-refractivity contribution is -0.140. The smallest absolute Gasteiger partial charge is 0.322 e. The van der Waals surface area contributed by atoms with E-state index >= 15 is 0 Å². The molecule has 2 unspecified atom stereocenters. The maximum atomic E-state index is 12.3. The minimum absolute atomic E-state index is 0.000414. The summed E-state index contributed by atoms with van der Waals surface area (Å²) in [5.41, 5.74) is 0.398. The van der Waals surface area contributed by atoms with E-state index in [4.69, 9.17) is 16.7 Å². The van der Waals surface area contributed by atoms with Crippen molar-refractivity contribution >= 4 is 27.6 Å². The van der Waals surface area contributed by atoms with Crippen LogP contribution in [0.2, 0.25) is 5.02 Å². The molecule has 5 nitrogen and oxygen atoms in total. The first-order chi connectivity index (χ1) is 9.20. The van der Waals surface area contributed by atoms with Crippen LogP contribution in [0.25, 0.3) is 0 Å². The molecule has 0 heterocycles. The molecular weight excluding hydrogens is 302 g/mol. The van der Waals surface area contributed by atoms with Gasteiger partial charge >= 0.3 is 5.97 Å². The van der Waals surface area contributed by atoms with Crippen LogP contribution in [-0.2, 0) is 14.8 Å². The lowest BCUT2D eigenvalue weighted by Gasteiger charge is -2.20. The van der Waals surface area contributed by atoms with Crippen LogP contribution in [0.5, 0.6) is 0 Å². The van der Waals surface area contributed by atoms with Gasteiger partial charge in [0.15, 0.2) is 0 Å². The molecule has 0 spiro atoms. The van der Waals surface area contributed by atoms with Crippen molar-refractivity contribution in [3.63, 3.8) is 0 Å². The number of rotatable bonds is 6. The second kappa shape index (κ2) is 6.56. The van der Waals surface area contributed by atoms with Crippen LogP contribution in [-0.4, -0.2) is 25.5 Å². The highest BCUT2D eigenvalue weighted by atomic mass is 35.5. The molecule has 0 amide bonds. The zero-order valence-corrected chi connectivity index (χ0v) is 13.1. The van der Waals surface area contributed by atoms with Crippen molar-refractivity contribution in [3.8, 4) is 0 Å². The Balaban J connectivity index is 3.17. The normalized spacial score (nSPS) is 14.8. The van der Waals surface area contributed by atoms with Gasteiger partial charge in [0, 0.05) is 5.02 Å². The Morgan fingerprint density at radius 3 is 2.55 bits per heavy atom. The van der Waals surface area contributed by atoms with Crippen molar-refractivity contribution in [2.24, 2.45) is 5.92 Å². The second-order valence-corrected chi connectivity index (χ2v) is 6.78. The van der Waals surface area contributed by atoms with Gasteiger partial charge in [-0.2, -0.15) is 4.72 Å². The largest absolute Gasteiger partial charge is 0.480 e. The van der Waals surface area contributed by atoms with Crippen LogP contribution < -0.4 is 4.72 Å². The molecule has 0 aliphatic rings. The van der Waals surface area contributed by atoms with Gasteiger partial charge in [-0.25, -0.2) is 8.42 Å². The quantitative estimate of drug-likeness (QED) is 0.843. The number of benzene rings is 1. The highest BCUT2D eigenvalue weighted by Gasteiger charge is 2.30. The van der Waals surface area contributed by atoms with Gasteiger partial charge in [-0.1, -0.05) is 37.9 Å². The number of carbonyl (C=O) groups is 1. The third-order valence-corrected chi connectivity index (χ3v) is 5.26. The fourth-order valence-corrected chi connectivity index (χ4v) is 3.55. The first-order valence-corrected chi connectivity index (χ1v) is 8.07. The van der Waals surface area contributed by atoms with E-state index in [2.05, 4.69) is 4.72 Å². The summed E-state index contributed by atoms with van der Waals surface area (Å²) in [6.07, 6.45) is 0.550. The standard InChI is InChI=1S/C13H18ClNO4S/c1-4-8(2)12(13(16)17)15-20(18,19)11-7-5-6-10(14)9(11)3/h5-8,12,15H,4H2,1-3H3,(H,16,17). The fourth-order valence-electron chi connectivity index (χ4n) is 1.76. The fraction of sp³-hybridized carbons (Fsp3) is 0.462. The summed E-state index contributed by atoms with van der Waals surface area (Å²) >= 11 is 5.90. The van der Waals surface area contributed by atoms with Crippen molar-refractivity contribution in [1.29, 1.82) is 0 Å². The van der Waals surface area contributed by atoms with Crippen LogP contribution in [0.15, 0.2) is 23.1 Å². The Hall–Kier alpha value is -1.11. The average molecular weight is 320 g/mol. The minimum atomic E-state index is -3.93. The lowest BCUT2D eigenvalue weighted by Crippen LogP contribution is -2.45. The molecule has 0 radical (unpaired) electrons. The molecule has 0 aliphatic carbocycles. The van der Waals surface area contributed by atoms with Gasteiger partial charge in [-0.05, 0) is 30.5 Å². The molecular formula is C13H18ClNO4S. The average Bonchev–Trinajstić information content (AvgIpc) is 2.37. The minimum Gasteiger partial charge on any atom is -0.480 e. The van der Waals surface area contributed by atoms with Gasteiger partial charge in [0.2, 0.25) is 10.0 Å². The number of sulfonamides is 1. The molecule has 0 bridgehead atoms. The van der Waals surface area contributed by atoms with Gasteiger partial charge in [0.05, 0.1) is 4.90 Å². The number of nitrogens with one attached hydrogen (secondary N) is 1. The molecule has 1 aromatic carbocycles. The van der Waals surface area contributed by atoms with Crippen LogP contribution in [0, 0.1) is 12.8 Å². The zero-order valence-electron chi connectivity index (χ0n) is 11.6. The maximum absolute atomic E-state index is 12.3. The second-order valence-electron chi connectivity index (χ2n) is 4.69. The molecule has 20 heavy (non-hydrogen) atoms. The highest BCUT2D eigenvalue weighted by Crippen LogP contribution is 2.23. The third-order valence-electron chi connectivity index (χ3n) is 3.27. The summed E-state index contributed by atoms with van der Waals surface area (Å²) in [6.45, 7) is 5.07. The van der Waals surface area contributed by atoms with E-state index in [1.165, 1.54) is 12.1 Å². The predicted molar refractivity (Wildman–Crippen MR) is 77.4 cm³/mol. The van der Waals surface area contributed by atoms with Crippen molar-refractivity contribution < 1.29 is 18.3 Å². The van der Waals surface area contributed by atoms with Gasteiger partial charge in [-0.3, -0.25) is 4.79 Å². The van der Waals surface area contributed by atoms with E-state index in [-0.39, 0.29) is 10.8 Å². The van der Waals surface area contributed by atoms with E-state index in [0.717, 1.165) is 0 Å². The van der Waals surface area contributed by atoms with E-state index in [1.807, 2.05) is 0 Å². The number of aliphatic carboxylic acids is 1. The number of hydrogen-bond acceptors (Lipinski definition) is 3. The molecule has 1 aromatic rings. The van der Waals surface area contributed by atoms with Gasteiger partial charge < -0.3 is 5.11 Å². The Kier molecular flexibility index (Phi) is 5.56. The topological polar surface area (TPSA) is 83.5 Å². The van der Waals surface area contributed by atoms with Crippen LogP contribution in [0.4, 0.5) is 0 Å². The number of hydrogen-bond donors (Lipinski definition) is 2. The predicted octanol–water partition coefficient (Wildman–Crippen LogP) is 2.43. The summed E-state index contributed by atoms with van der Waals surface area (Å²) in [7, 11) is -3.93. The van der Waals surface area contributed by atoms with E-state index in [1.54, 1.807) is 26.8 Å². The summed E-state index contributed by atoms with van der Waals surface area (Å²) in [4.78, 5) is 11.2. The highest BCUT2D eigenvalue weighted by molar-refractivity contribution is 7.89. The molecule has 2 atom stereocenters. The molecule has 0 aromatic heterocycles. The van der Waals surface area contributed by atoms with Crippen molar-refractivity contribution in [2.45, 2.75) is 38.1 Å². The number of carboxylic acid groups (broad SMARTS) is 1. The third kappa shape index (κ3) is 3.71. The Bertz CT molecular complexity index is 600. The number of halogens is 1. The van der Waals surface area contributed by atoms with Gasteiger partial charge in [0.25, 0.3) is 0 Å². The summed E-state index contributed by atoms with van der Waals surface area (Å²) in [5.74, 6) is -1.51. The van der Waals surface area contributed by atoms with Gasteiger partial charge in [-0.15, -0.1) is 0 Å². The SMILES string of the molecule is CCC(C)C(NS(=O)(=O)c1cccc(Cl)c1C)C(=O)O. The van der Waals surface area contributed by atoms with Crippen molar-refractivity contribution in [1.82, 2.24) is 4.72 Å². The van der Waals surface area contributed by atoms with Crippen LogP contribution in [0.3, 0.4) is 0 Å². The number of carboxylic acids is 1. The van der Waals surface area contributed by atoms with E-state index in [0.29, 0.717) is 17.0 Å². The molecule has 112 valence electrons. The maximum Gasteiger partial charge on any atom is 0.322 e. The molecule has 0 saturated carbocycles. The Morgan fingerprint density at radius 2 is 2.05 bits per heavy atom. The molecule has 2 N–H and O–H groups in total. The lowest BCUT2D eigenvalue weighted by atomic mass is 10.0. The summed E-state index contributed by atoms with van der Waals surface area (Å²) < 4.78 is 26.9. The zero-order chi connectivity index (χ0) is 15.5. The van der Waals surface area contributed by atoms with E-state index in [9.17, 15) is 13.2 Å². The van der Waals surface area contributed by atoms with Crippen LogP contribution >= 0.6 is 11.6 Å². The molecule has 1 rings (SSSR count). The molecule has 0 saturated heterocycles. The van der Waals surface area contributed by atoms with Crippen molar-refractivity contribution in [3.05, 3.63) is 28.8 Å². The Labute approximate surface area is 124 Å². The molecule has 7 heteroatoms. The summed E-state index contributed by atoms with van der Waals surface area (Å²) in [6, 6.07) is 3.34. The molecule has 0 fully saturated rings. The molecule has 0 aliphatic heterocycles. The first kappa shape index (κ1) is 16.9. The van der Waals surface area contributed by atoms with E-state index < -0.39 is 22.0 Å². The Morgan fingerprint density at radius 1 is 1.45 bits per heavy atom.